The Bertz CT molecular complexity index is 486. The summed E-state index contributed by atoms with van der Waals surface area (Å²) in [5, 5.41) is 0. The van der Waals surface area contributed by atoms with Gasteiger partial charge in [0.2, 0.25) is 0 Å². The fraction of sp³-hybridized carbons (Fsp3) is 0.647. The highest BCUT2D eigenvalue weighted by atomic mass is 16.5. The lowest BCUT2D eigenvalue weighted by Gasteiger charge is -2.46. The standard InChI is InChI=1S/C17H25NO2/c1-3-4-13-10-17(7-8-19-13)11-15(18)14-9-12(2)5-6-16(14)20-17/h5-6,9,13,15H,3-4,7-8,10-11,18H2,1-2H3. The predicted molar refractivity (Wildman–Crippen MR) is 80.0 cm³/mol. The van der Waals surface area contributed by atoms with Gasteiger partial charge in [0.05, 0.1) is 12.7 Å². The van der Waals surface area contributed by atoms with Crippen LogP contribution in [-0.4, -0.2) is 18.3 Å². The number of ether oxygens (including phenoxy) is 2. The molecule has 0 amide bonds. The van der Waals surface area contributed by atoms with Crippen molar-refractivity contribution in [2.24, 2.45) is 5.73 Å². The van der Waals surface area contributed by atoms with Crippen molar-refractivity contribution in [2.45, 2.75) is 63.7 Å². The van der Waals surface area contributed by atoms with E-state index in [1.54, 1.807) is 0 Å². The Labute approximate surface area is 121 Å². The number of nitrogens with two attached hydrogens (primary N) is 1. The summed E-state index contributed by atoms with van der Waals surface area (Å²) in [4.78, 5) is 0. The number of rotatable bonds is 2. The molecule has 1 aromatic rings. The van der Waals surface area contributed by atoms with Crippen LogP contribution in [0.2, 0.25) is 0 Å². The second kappa shape index (κ2) is 5.38. The van der Waals surface area contributed by atoms with E-state index in [0.717, 1.165) is 50.0 Å². The zero-order valence-corrected chi connectivity index (χ0v) is 12.5. The molecule has 20 heavy (non-hydrogen) atoms. The minimum atomic E-state index is -0.111. The topological polar surface area (TPSA) is 44.5 Å². The van der Waals surface area contributed by atoms with Crippen LogP contribution < -0.4 is 10.5 Å². The summed E-state index contributed by atoms with van der Waals surface area (Å²) in [6.07, 6.45) is 5.43. The van der Waals surface area contributed by atoms with Crippen LogP contribution >= 0.6 is 0 Å². The molecule has 3 atom stereocenters. The maximum atomic E-state index is 6.42. The van der Waals surface area contributed by atoms with Crippen molar-refractivity contribution in [2.75, 3.05) is 6.61 Å². The van der Waals surface area contributed by atoms with Crippen LogP contribution in [0.1, 0.15) is 56.2 Å². The van der Waals surface area contributed by atoms with Gasteiger partial charge in [-0.05, 0) is 19.4 Å². The normalized spacial score (nSPS) is 32.8. The van der Waals surface area contributed by atoms with Gasteiger partial charge in [-0.3, -0.25) is 0 Å². The van der Waals surface area contributed by atoms with E-state index >= 15 is 0 Å². The molecule has 0 saturated carbocycles. The highest BCUT2D eigenvalue weighted by Gasteiger charge is 2.43. The van der Waals surface area contributed by atoms with Gasteiger partial charge in [-0.1, -0.05) is 31.0 Å². The first kappa shape index (κ1) is 13.9. The lowest BCUT2D eigenvalue weighted by molar-refractivity contribution is -0.103. The molecule has 1 saturated heterocycles. The molecule has 1 fully saturated rings. The zero-order valence-electron chi connectivity index (χ0n) is 12.5. The van der Waals surface area contributed by atoms with E-state index < -0.39 is 0 Å². The molecule has 2 N–H and O–H groups in total. The van der Waals surface area contributed by atoms with Gasteiger partial charge >= 0.3 is 0 Å². The fourth-order valence-corrected chi connectivity index (χ4v) is 3.61. The third kappa shape index (κ3) is 2.57. The molecule has 0 aromatic heterocycles. The third-order valence-electron chi connectivity index (χ3n) is 4.60. The van der Waals surface area contributed by atoms with Gasteiger partial charge in [0.1, 0.15) is 11.4 Å². The second-order valence-corrected chi connectivity index (χ2v) is 6.37. The van der Waals surface area contributed by atoms with Gasteiger partial charge in [0, 0.05) is 30.9 Å². The van der Waals surface area contributed by atoms with Crippen LogP contribution in [0.25, 0.3) is 0 Å². The van der Waals surface area contributed by atoms with E-state index in [9.17, 15) is 0 Å². The van der Waals surface area contributed by atoms with Gasteiger partial charge in [-0.2, -0.15) is 0 Å². The fourth-order valence-electron chi connectivity index (χ4n) is 3.61. The number of benzene rings is 1. The van der Waals surface area contributed by atoms with Crippen LogP contribution in [0.3, 0.4) is 0 Å². The molecule has 3 rings (SSSR count). The van der Waals surface area contributed by atoms with Crippen molar-refractivity contribution in [1.29, 1.82) is 0 Å². The molecule has 3 heteroatoms. The maximum Gasteiger partial charge on any atom is 0.124 e. The van der Waals surface area contributed by atoms with Crippen molar-refractivity contribution in [3.05, 3.63) is 29.3 Å². The molecule has 110 valence electrons. The van der Waals surface area contributed by atoms with Crippen LogP contribution in [-0.2, 0) is 4.74 Å². The highest BCUT2D eigenvalue weighted by Crippen LogP contribution is 2.44. The summed E-state index contributed by atoms with van der Waals surface area (Å²) in [6.45, 7) is 5.10. The van der Waals surface area contributed by atoms with Crippen LogP contribution in [0, 0.1) is 6.92 Å². The van der Waals surface area contributed by atoms with E-state index in [4.69, 9.17) is 15.2 Å². The van der Waals surface area contributed by atoms with Crippen LogP contribution in [0.15, 0.2) is 18.2 Å². The predicted octanol–water partition coefficient (Wildman–Crippen LogP) is 3.50. The maximum absolute atomic E-state index is 6.42. The molecule has 0 radical (unpaired) electrons. The quantitative estimate of drug-likeness (QED) is 0.898. The van der Waals surface area contributed by atoms with Gasteiger partial charge in [0.15, 0.2) is 0 Å². The minimum Gasteiger partial charge on any atom is -0.487 e. The summed E-state index contributed by atoms with van der Waals surface area (Å²) in [7, 11) is 0. The summed E-state index contributed by atoms with van der Waals surface area (Å²) in [5.41, 5.74) is 8.71. The van der Waals surface area contributed by atoms with Crippen LogP contribution in [0.4, 0.5) is 0 Å². The summed E-state index contributed by atoms with van der Waals surface area (Å²) in [6, 6.07) is 6.43. The Kier molecular flexibility index (Phi) is 3.74. The lowest BCUT2D eigenvalue weighted by atomic mass is 9.79. The molecule has 1 spiro atoms. The molecule has 1 aromatic carbocycles. The molecule has 3 unspecified atom stereocenters. The molecule has 0 aliphatic carbocycles. The average molecular weight is 275 g/mol. The van der Waals surface area contributed by atoms with Crippen molar-refractivity contribution >= 4 is 0 Å². The first-order valence-electron chi connectivity index (χ1n) is 7.79. The Hall–Kier alpha value is -1.06. The van der Waals surface area contributed by atoms with Crippen molar-refractivity contribution < 1.29 is 9.47 Å². The summed E-state index contributed by atoms with van der Waals surface area (Å²) < 4.78 is 12.3. The molecular formula is C17H25NO2. The van der Waals surface area contributed by atoms with Gasteiger partial charge in [-0.25, -0.2) is 0 Å². The monoisotopic (exact) mass is 275 g/mol. The Morgan fingerprint density at radius 1 is 1.35 bits per heavy atom. The molecule has 0 bridgehead atoms. The number of aryl methyl sites for hydroxylation is 1. The number of fused-ring (bicyclic) bond motifs is 1. The first-order chi connectivity index (χ1) is 9.62. The lowest BCUT2D eigenvalue weighted by Crippen LogP contribution is -2.49. The summed E-state index contributed by atoms with van der Waals surface area (Å²) in [5.74, 6) is 0.978. The largest absolute Gasteiger partial charge is 0.487 e. The second-order valence-electron chi connectivity index (χ2n) is 6.37. The highest BCUT2D eigenvalue weighted by molar-refractivity contribution is 5.41. The molecule has 3 nitrogen and oxygen atoms in total. The molecule has 2 aliphatic rings. The number of hydrogen-bond acceptors (Lipinski definition) is 3. The van der Waals surface area contributed by atoms with Gasteiger partial charge in [0.25, 0.3) is 0 Å². The van der Waals surface area contributed by atoms with E-state index in [-0.39, 0.29) is 11.6 Å². The van der Waals surface area contributed by atoms with Crippen molar-refractivity contribution in [3.63, 3.8) is 0 Å². The van der Waals surface area contributed by atoms with E-state index in [1.807, 2.05) is 0 Å². The minimum absolute atomic E-state index is 0.0824. The molecule has 2 aliphatic heterocycles. The average Bonchev–Trinajstić information content (AvgIpc) is 2.40. The Morgan fingerprint density at radius 3 is 3.00 bits per heavy atom. The smallest absolute Gasteiger partial charge is 0.124 e. The Morgan fingerprint density at radius 2 is 2.20 bits per heavy atom. The van der Waals surface area contributed by atoms with E-state index in [0.29, 0.717) is 6.10 Å². The van der Waals surface area contributed by atoms with Gasteiger partial charge in [-0.15, -0.1) is 0 Å². The van der Waals surface area contributed by atoms with Crippen molar-refractivity contribution in [3.8, 4) is 5.75 Å². The third-order valence-corrected chi connectivity index (χ3v) is 4.60. The SMILES string of the molecule is CCCC1CC2(CCO1)CC(N)c1cc(C)ccc1O2. The zero-order chi connectivity index (χ0) is 14.2. The van der Waals surface area contributed by atoms with E-state index in [2.05, 4.69) is 32.0 Å². The number of hydrogen-bond donors (Lipinski definition) is 1. The van der Waals surface area contributed by atoms with Crippen molar-refractivity contribution in [1.82, 2.24) is 0 Å². The first-order valence-corrected chi connectivity index (χ1v) is 7.79. The van der Waals surface area contributed by atoms with E-state index in [1.165, 1.54) is 5.56 Å². The van der Waals surface area contributed by atoms with Gasteiger partial charge < -0.3 is 15.2 Å². The Balaban J connectivity index is 1.84. The summed E-state index contributed by atoms with van der Waals surface area (Å²) >= 11 is 0. The molecular weight excluding hydrogens is 250 g/mol. The molecule has 2 heterocycles. The van der Waals surface area contributed by atoms with Crippen LogP contribution in [0.5, 0.6) is 5.75 Å².